The van der Waals surface area contributed by atoms with Gasteiger partial charge in [0.25, 0.3) is 0 Å². The first-order chi connectivity index (χ1) is 15.0. The van der Waals surface area contributed by atoms with Crippen LogP contribution in [-0.4, -0.2) is 56.0 Å². The van der Waals surface area contributed by atoms with E-state index in [0.717, 1.165) is 22.3 Å². The van der Waals surface area contributed by atoms with E-state index in [1.165, 1.54) is 7.11 Å². The smallest absolute Gasteiger partial charge is 0.407 e. The maximum absolute atomic E-state index is 12.1. The van der Waals surface area contributed by atoms with Crippen molar-refractivity contribution in [2.45, 2.75) is 24.9 Å². The number of fused-ring (bicyclic) bond motifs is 3. The Kier molecular flexibility index (Phi) is 7.61. The first-order valence-electron chi connectivity index (χ1n) is 10.1. The molecule has 0 saturated heterocycles. The molecular weight excluding hydrogens is 400 g/mol. The van der Waals surface area contributed by atoms with E-state index in [1.54, 1.807) is 0 Å². The van der Waals surface area contributed by atoms with Crippen molar-refractivity contribution in [1.82, 2.24) is 10.6 Å². The van der Waals surface area contributed by atoms with Gasteiger partial charge in [-0.1, -0.05) is 48.5 Å². The number of alkyl carbamates (subject to hydrolysis) is 1. The third kappa shape index (κ3) is 5.82. The number of carbonyl (C=O) groups is 3. The van der Waals surface area contributed by atoms with Crippen molar-refractivity contribution in [1.29, 1.82) is 0 Å². The van der Waals surface area contributed by atoms with Gasteiger partial charge in [-0.3, -0.25) is 9.59 Å². The fourth-order valence-corrected chi connectivity index (χ4v) is 3.68. The lowest BCUT2D eigenvalue weighted by Gasteiger charge is -2.15. The Morgan fingerprint density at radius 3 is 2.19 bits per heavy atom. The van der Waals surface area contributed by atoms with Gasteiger partial charge in [0.1, 0.15) is 6.61 Å². The predicted octanol–water partition coefficient (Wildman–Crippen LogP) is 2.52. The number of amides is 2. The van der Waals surface area contributed by atoms with Crippen LogP contribution in [0.1, 0.15) is 29.9 Å². The molecule has 1 atom stereocenters. The molecule has 2 aromatic rings. The van der Waals surface area contributed by atoms with Crippen LogP contribution in [0.3, 0.4) is 0 Å². The van der Waals surface area contributed by atoms with Crippen molar-refractivity contribution in [3.05, 3.63) is 59.7 Å². The second-order valence-electron chi connectivity index (χ2n) is 7.26. The number of benzene rings is 2. The number of ether oxygens (including phenoxy) is 2. The molecule has 0 bridgehead atoms. The zero-order valence-corrected chi connectivity index (χ0v) is 17.3. The van der Waals surface area contributed by atoms with Crippen molar-refractivity contribution < 1.29 is 29.0 Å². The van der Waals surface area contributed by atoms with Gasteiger partial charge in [0.2, 0.25) is 5.91 Å². The van der Waals surface area contributed by atoms with Crippen LogP contribution in [0.5, 0.6) is 0 Å². The topological polar surface area (TPSA) is 114 Å². The van der Waals surface area contributed by atoms with E-state index in [9.17, 15) is 14.4 Å². The summed E-state index contributed by atoms with van der Waals surface area (Å²) in [6.07, 6.45) is -1.34. The van der Waals surface area contributed by atoms with Gasteiger partial charge in [-0.2, -0.15) is 0 Å². The van der Waals surface area contributed by atoms with Gasteiger partial charge in [-0.05, 0) is 22.3 Å². The monoisotopic (exact) mass is 426 g/mol. The molecule has 2 amide bonds. The third-order valence-corrected chi connectivity index (χ3v) is 5.23. The van der Waals surface area contributed by atoms with Crippen molar-refractivity contribution in [2.24, 2.45) is 0 Å². The number of hydrogen-bond acceptors (Lipinski definition) is 5. The van der Waals surface area contributed by atoms with Gasteiger partial charge in [-0.15, -0.1) is 0 Å². The SMILES string of the molecule is COC(CNC(=O)CCNC(=O)OCC1c2ccccc2-c2ccccc21)CC(=O)O. The number of methoxy groups -OCH3 is 1. The Bertz CT molecular complexity index is 900. The van der Waals surface area contributed by atoms with Gasteiger partial charge in [0, 0.05) is 32.5 Å². The normalized spacial score (nSPS) is 13.1. The Morgan fingerprint density at radius 1 is 1.00 bits per heavy atom. The van der Waals surface area contributed by atoms with Gasteiger partial charge in [-0.25, -0.2) is 4.79 Å². The third-order valence-electron chi connectivity index (χ3n) is 5.23. The highest BCUT2D eigenvalue weighted by atomic mass is 16.5. The largest absolute Gasteiger partial charge is 0.481 e. The van der Waals surface area contributed by atoms with Crippen LogP contribution in [0, 0.1) is 0 Å². The van der Waals surface area contributed by atoms with E-state index >= 15 is 0 Å². The average molecular weight is 426 g/mol. The summed E-state index contributed by atoms with van der Waals surface area (Å²) in [5.41, 5.74) is 4.57. The lowest BCUT2D eigenvalue weighted by Crippen LogP contribution is -2.36. The molecule has 0 heterocycles. The van der Waals surface area contributed by atoms with Crippen LogP contribution in [0.25, 0.3) is 11.1 Å². The van der Waals surface area contributed by atoms with E-state index in [4.69, 9.17) is 14.6 Å². The molecule has 0 fully saturated rings. The van der Waals surface area contributed by atoms with E-state index in [2.05, 4.69) is 22.8 Å². The number of nitrogens with one attached hydrogen (secondary N) is 2. The average Bonchev–Trinajstić information content (AvgIpc) is 3.08. The molecule has 3 N–H and O–H groups in total. The highest BCUT2D eigenvalue weighted by Gasteiger charge is 2.28. The molecule has 0 aromatic heterocycles. The minimum Gasteiger partial charge on any atom is -0.481 e. The molecule has 0 saturated carbocycles. The summed E-state index contributed by atoms with van der Waals surface area (Å²) in [5, 5.41) is 13.9. The molecule has 0 aliphatic heterocycles. The molecule has 1 aliphatic carbocycles. The zero-order chi connectivity index (χ0) is 22.2. The van der Waals surface area contributed by atoms with Crippen LogP contribution in [-0.2, 0) is 19.1 Å². The molecule has 8 heteroatoms. The second kappa shape index (κ2) is 10.6. The number of carboxylic acids is 1. The molecule has 2 aromatic carbocycles. The Morgan fingerprint density at radius 2 is 1.61 bits per heavy atom. The summed E-state index contributed by atoms with van der Waals surface area (Å²) >= 11 is 0. The highest BCUT2D eigenvalue weighted by Crippen LogP contribution is 2.44. The van der Waals surface area contributed by atoms with Gasteiger partial charge in [0.15, 0.2) is 0 Å². The van der Waals surface area contributed by atoms with Crippen molar-refractivity contribution in [3.8, 4) is 11.1 Å². The minimum absolute atomic E-state index is 0.0262. The Hall–Kier alpha value is -3.39. The maximum Gasteiger partial charge on any atom is 0.407 e. The summed E-state index contributed by atoms with van der Waals surface area (Å²) in [6, 6.07) is 16.2. The predicted molar refractivity (Wildman–Crippen MR) is 114 cm³/mol. The Balaban J connectivity index is 1.42. The van der Waals surface area contributed by atoms with E-state index in [0.29, 0.717) is 0 Å². The summed E-state index contributed by atoms with van der Waals surface area (Å²) in [6.45, 7) is 0.405. The lowest BCUT2D eigenvalue weighted by atomic mass is 9.98. The molecule has 0 spiro atoms. The van der Waals surface area contributed by atoms with Gasteiger partial charge >= 0.3 is 12.1 Å². The van der Waals surface area contributed by atoms with Gasteiger partial charge in [0.05, 0.1) is 12.5 Å². The van der Waals surface area contributed by atoms with Crippen molar-refractivity contribution in [2.75, 3.05) is 26.8 Å². The maximum atomic E-state index is 12.1. The number of aliphatic carboxylic acids is 1. The zero-order valence-electron chi connectivity index (χ0n) is 17.3. The lowest BCUT2D eigenvalue weighted by molar-refractivity contribution is -0.140. The highest BCUT2D eigenvalue weighted by molar-refractivity contribution is 5.79. The van der Waals surface area contributed by atoms with E-state index < -0.39 is 18.2 Å². The fraction of sp³-hybridized carbons (Fsp3) is 0.348. The van der Waals surface area contributed by atoms with Crippen LogP contribution >= 0.6 is 0 Å². The van der Waals surface area contributed by atoms with Crippen LogP contribution in [0.15, 0.2) is 48.5 Å². The van der Waals surface area contributed by atoms with Crippen molar-refractivity contribution in [3.63, 3.8) is 0 Å². The molecular formula is C23H26N2O6. The van der Waals surface area contributed by atoms with E-state index in [-0.39, 0.29) is 44.4 Å². The van der Waals surface area contributed by atoms with Gasteiger partial charge < -0.3 is 25.2 Å². The number of rotatable bonds is 10. The number of hydrogen-bond donors (Lipinski definition) is 3. The first-order valence-corrected chi connectivity index (χ1v) is 10.1. The number of carboxylic acid groups (broad SMARTS) is 1. The summed E-state index contributed by atoms with van der Waals surface area (Å²) in [4.78, 5) is 34.7. The molecule has 31 heavy (non-hydrogen) atoms. The molecule has 0 radical (unpaired) electrons. The van der Waals surface area contributed by atoms with Crippen LogP contribution < -0.4 is 10.6 Å². The first kappa shape index (κ1) is 22.3. The molecule has 1 aliphatic rings. The van der Waals surface area contributed by atoms with E-state index in [1.807, 2.05) is 36.4 Å². The minimum atomic E-state index is -1.00. The summed E-state index contributed by atoms with van der Waals surface area (Å²) in [7, 11) is 1.39. The molecule has 164 valence electrons. The molecule has 1 unspecified atom stereocenters. The van der Waals surface area contributed by atoms with Crippen molar-refractivity contribution >= 4 is 18.0 Å². The Labute approximate surface area is 180 Å². The summed E-state index contributed by atoms with van der Waals surface area (Å²) in [5.74, 6) is -1.34. The summed E-state index contributed by atoms with van der Waals surface area (Å²) < 4.78 is 10.4. The fourth-order valence-electron chi connectivity index (χ4n) is 3.68. The number of carbonyl (C=O) groups excluding carboxylic acids is 2. The van der Waals surface area contributed by atoms with Crippen LogP contribution in [0.4, 0.5) is 4.79 Å². The standard InChI is InChI=1S/C23H26N2O6/c1-30-15(12-22(27)28)13-25-21(26)10-11-24-23(29)31-14-20-18-8-4-2-6-16(18)17-7-3-5-9-19(17)20/h2-9,15,20H,10-14H2,1H3,(H,24,29)(H,25,26)(H,27,28). The molecule has 8 nitrogen and oxygen atoms in total. The molecule has 3 rings (SSSR count). The quantitative estimate of drug-likeness (QED) is 0.538. The van der Waals surface area contributed by atoms with Crippen LogP contribution in [0.2, 0.25) is 0 Å². The second-order valence-corrected chi connectivity index (χ2v) is 7.26.